The molecule has 0 spiro atoms. The van der Waals surface area contributed by atoms with Gasteiger partial charge in [0.15, 0.2) is 0 Å². The first kappa shape index (κ1) is 12.0. The second-order valence-corrected chi connectivity index (χ2v) is 7.25. The van der Waals surface area contributed by atoms with Crippen LogP contribution in [-0.4, -0.2) is 13.0 Å². The lowest BCUT2D eigenvalue weighted by Crippen LogP contribution is -1.94. The maximum atomic E-state index is 11.0. The molecular weight excluding hydrogens is 314 g/mol. The highest BCUT2D eigenvalue weighted by Gasteiger charge is 2.10. The predicted molar refractivity (Wildman–Crippen MR) is 69.1 cm³/mol. The van der Waals surface area contributed by atoms with E-state index in [1.165, 1.54) is 0 Å². The Kier molecular flexibility index (Phi) is 3.03. The highest BCUT2D eigenvalue weighted by atomic mass is 79.9. The fraction of sp³-hybridized carbons (Fsp3) is 0.200. The molecule has 3 nitrogen and oxygen atoms in total. The number of rotatable bonds is 2. The van der Waals surface area contributed by atoms with Crippen molar-refractivity contribution in [2.45, 2.75) is 5.75 Å². The molecule has 0 saturated heterocycles. The van der Waals surface area contributed by atoms with Gasteiger partial charge in [-0.25, -0.2) is 8.42 Å². The van der Waals surface area contributed by atoms with Crippen molar-refractivity contribution >= 4 is 46.6 Å². The molecule has 1 aromatic carbocycles. The Labute approximate surface area is 107 Å². The van der Waals surface area contributed by atoms with E-state index in [9.17, 15) is 8.42 Å². The molecule has 6 heteroatoms. The number of benzene rings is 1. The van der Waals surface area contributed by atoms with Crippen molar-refractivity contribution in [1.82, 2.24) is 4.57 Å². The monoisotopic (exact) mass is 321 g/mol. The largest absolute Gasteiger partial charge is 0.349 e. The molecule has 0 fully saturated rings. The van der Waals surface area contributed by atoms with Crippen LogP contribution in [0.2, 0.25) is 0 Å². The number of nitrogens with zero attached hydrogens (tertiary/aromatic N) is 1. The van der Waals surface area contributed by atoms with E-state index in [0.717, 1.165) is 15.4 Å². The number of hydrogen-bond donors (Lipinski definition) is 0. The average Bonchev–Trinajstić information content (AvgIpc) is 2.40. The topological polar surface area (TPSA) is 39.1 Å². The SMILES string of the molecule is Cn1cc(Br)c2cc(CS(=O)(=O)Cl)ccc21. The van der Waals surface area contributed by atoms with Crippen LogP contribution in [0.4, 0.5) is 0 Å². The Bertz CT molecular complexity index is 648. The minimum absolute atomic E-state index is 0.147. The van der Waals surface area contributed by atoms with Crippen LogP contribution >= 0.6 is 26.6 Å². The molecule has 0 aliphatic carbocycles. The van der Waals surface area contributed by atoms with E-state index in [4.69, 9.17) is 10.7 Å². The predicted octanol–water partition coefficient (Wildman–Crippen LogP) is 3.01. The summed E-state index contributed by atoms with van der Waals surface area (Å²) < 4.78 is 24.9. The van der Waals surface area contributed by atoms with Gasteiger partial charge in [0.2, 0.25) is 9.05 Å². The Balaban J connectivity index is 2.56. The third kappa shape index (κ3) is 2.42. The standard InChI is InChI=1S/C10H9BrClNO2S/c1-13-5-9(11)8-4-7(2-3-10(8)13)6-16(12,14)15/h2-5H,6H2,1H3. The molecule has 1 aromatic heterocycles. The number of aromatic nitrogens is 1. The molecule has 86 valence electrons. The van der Waals surface area contributed by atoms with Gasteiger partial charge in [-0.2, -0.15) is 0 Å². The van der Waals surface area contributed by atoms with E-state index >= 15 is 0 Å². The summed E-state index contributed by atoms with van der Waals surface area (Å²) in [5.41, 5.74) is 1.73. The molecule has 0 aliphatic rings. The molecule has 16 heavy (non-hydrogen) atoms. The first-order chi connectivity index (χ1) is 7.37. The van der Waals surface area contributed by atoms with Crippen molar-refractivity contribution in [3.05, 3.63) is 34.4 Å². The first-order valence-electron chi connectivity index (χ1n) is 4.52. The van der Waals surface area contributed by atoms with Gasteiger partial charge in [0, 0.05) is 39.3 Å². The van der Waals surface area contributed by atoms with Crippen molar-refractivity contribution in [1.29, 1.82) is 0 Å². The van der Waals surface area contributed by atoms with Crippen LogP contribution in [0, 0.1) is 0 Å². The lowest BCUT2D eigenvalue weighted by molar-refractivity contribution is 0.609. The van der Waals surface area contributed by atoms with Gasteiger partial charge >= 0.3 is 0 Å². The summed E-state index contributed by atoms with van der Waals surface area (Å²) in [6, 6.07) is 5.49. The fourth-order valence-electron chi connectivity index (χ4n) is 1.68. The van der Waals surface area contributed by atoms with Gasteiger partial charge in [0.25, 0.3) is 0 Å². The number of hydrogen-bond acceptors (Lipinski definition) is 2. The summed E-state index contributed by atoms with van der Waals surface area (Å²) in [7, 11) is 3.65. The highest BCUT2D eigenvalue weighted by Crippen LogP contribution is 2.27. The average molecular weight is 323 g/mol. The van der Waals surface area contributed by atoms with Gasteiger partial charge in [0.1, 0.15) is 0 Å². The molecule has 0 N–H and O–H groups in total. The minimum atomic E-state index is -3.50. The summed E-state index contributed by atoms with van der Waals surface area (Å²) >= 11 is 3.43. The lowest BCUT2D eigenvalue weighted by Gasteiger charge is -2.00. The van der Waals surface area contributed by atoms with Gasteiger partial charge < -0.3 is 4.57 Å². The zero-order chi connectivity index (χ0) is 11.9. The number of fused-ring (bicyclic) bond motifs is 1. The van der Waals surface area contributed by atoms with Gasteiger partial charge in [-0.1, -0.05) is 6.07 Å². The van der Waals surface area contributed by atoms with E-state index in [0.29, 0.717) is 5.56 Å². The molecule has 2 aromatic rings. The third-order valence-corrected chi connectivity index (χ3v) is 3.98. The second-order valence-electron chi connectivity index (χ2n) is 3.62. The van der Waals surface area contributed by atoms with Crippen molar-refractivity contribution in [2.75, 3.05) is 0 Å². The summed E-state index contributed by atoms with van der Waals surface area (Å²) in [6.07, 6.45) is 1.93. The molecule has 0 aliphatic heterocycles. The molecule has 0 amide bonds. The Hall–Kier alpha value is -0.520. The fourth-order valence-corrected chi connectivity index (χ4v) is 3.26. The van der Waals surface area contributed by atoms with Crippen LogP contribution < -0.4 is 0 Å². The maximum absolute atomic E-state index is 11.0. The Morgan fingerprint density at radius 3 is 2.75 bits per heavy atom. The van der Waals surface area contributed by atoms with Gasteiger partial charge in [-0.3, -0.25) is 0 Å². The first-order valence-corrected chi connectivity index (χ1v) is 7.80. The molecule has 1 heterocycles. The normalized spacial score (nSPS) is 12.2. The summed E-state index contributed by atoms with van der Waals surface area (Å²) in [6.45, 7) is 0. The number of halogens is 2. The molecule has 2 rings (SSSR count). The highest BCUT2D eigenvalue weighted by molar-refractivity contribution is 9.10. The zero-order valence-electron chi connectivity index (χ0n) is 8.44. The van der Waals surface area contributed by atoms with Crippen molar-refractivity contribution < 1.29 is 8.42 Å². The second kappa shape index (κ2) is 4.05. The van der Waals surface area contributed by atoms with E-state index in [-0.39, 0.29) is 5.75 Å². The summed E-state index contributed by atoms with van der Waals surface area (Å²) in [5, 5.41) is 0.986. The van der Waals surface area contributed by atoms with Gasteiger partial charge in [0.05, 0.1) is 5.75 Å². The van der Waals surface area contributed by atoms with Gasteiger partial charge in [-0.15, -0.1) is 0 Å². The van der Waals surface area contributed by atoms with Crippen LogP contribution in [-0.2, 0) is 21.9 Å². The Morgan fingerprint density at radius 1 is 1.44 bits per heavy atom. The Morgan fingerprint density at radius 2 is 2.12 bits per heavy atom. The van der Waals surface area contributed by atoms with Crippen molar-refractivity contribution in [2.24, 2.45) is 7.05 Å². The van der Waals surface area contributed by atoms with Crippen molar-refractivity contribution in [3.8, 4) is 0 Å². The summed E-state index contributed by atoms with van der Waals surface area (Å²) in [4.78, 5) is 0. The van der Waals surface area contributed by atoms with Crippen LogP contribution in [0.25, 0.3) is 10.9 Å². The van der Waals surface area contributed by atoms with Crippen LogP contribution in [0.3, 0.4) is 0 Å². The van der Waals surface area contributed by atoms with E-state index < -0.39 is 9.05 Å². The van der Waals surface area contributed by atoms with Crippen molar-refractivity contribution in [3.63, 3.8) is 0 Å². The van der Waals surface area contributed by atoms with E-state index in [1.807, 2.05) is 29.9 Å². The van der Waals surface area contributed by atoms with Crippen LogP contribution in [0.15, 0.2) is 28.9 Å². The van der Waals surface area contributed by atoms with Gasteiger partial charge in [-0.05, 0) is 33.6 Å². The van der Waals surface area contributed by atoms with E-state index in [2.05, 4.69) is 15.9 Å². The molecule has 0 bridgehead atoms. The van der Waals surface area contributed by atoms with E-state index in [1.54, 1.807) is 6.07 Å². The zero-order valence-corrected chi connectivity index (χ0v) is 11.6. The molecule has 0 saturated carbocycles. The third-order valence-electron chi connectivity index (χ3n) is 2.34. The maximum Gasteiger partial charge on any atom is 0.236 e. The quantitative estimate of drug-likeness (QED) is 0.797. The molecular formula is C10H9BrClNO2S. The molecule has 0 radical (unpaired) electrons. The molecule has 0 unspecified atom stereocenters. The van der Waals surface area contributed by atoms with Crippen LogP contribution in [0.5, 0.6) is 0 Å². The number of aryl methyl sites for hydroxylation is 1. The molecule has 0 atom stereocenters. The lowest BCUT2D eigenvalue weighted by atomic mass is 10.2. The van der Waals surface area contributed by atoms with Crippen LogP contribution in [0.1, 0.15) is 5.56 Å². The summed E-state index contributed by atoms with van der Waals surface area (Å²) in [5.74, 6) is -0.147. The smallest absolute Gasteiger partial charge is 0.236 e. The minimum Gasteiger partial charge on any atom is -0.349 e.